The Kier molecular flexibility index (Phi) is 3.71. The Morgan fingerprint density at radius 1 is 1.10 bits per heavy atom. The Hall–Kier alpha value is -2.25. The molecule has 4 heteroatoms. The van der Waals surface area contributed by atoms with Crippen LogP contribution in [0.3, 0.4) is 0 Å². The molecule has 1 aromatic heterocycles. The van der Waals surface area contributed by atoms with Crippen molar-refractivity contribution in [2.24, 2.45) is 0 Å². The molecule has 0 atom stereocenters. The molecule has 0 aliphatic heterocycles. The highest BCUT2D eigenvalue weighted by molar-refractivity contribution is 7.99. The van der Waals surface area contributed by atoms with Crippen molar-refractivity contribution in [1.82, 2.24) is 10.2 Å². The Bertz CT molecular complexity index is 793. The topological polar surface area (TPSA) is 38.9 Å². The molecule has 97 valence electrons. The van der Waals surface area contributed by atoms with E-state index in [9.17, 15) is 0 Å². The summed E-state index contributed by atoms with van der Waals surface area (Å²) in [6.45, 7) is 3.46. The summed E-state index contributed by atoms with van der Waals surface area (Å²) in [7, 11) is 0. The standard InChI is InChI=1S/C16H11N2OS/c1-2-3-11-20-16-18-17-15(19-16)14-10-6-8-12-7-4-5-9-13(12)14/h4-10H,1,11H2. The normalized spacial score (nSPS) is 10.2. The molecule has 3 nitrogen and oxygen atoms in total. The van der Waals surface area contributed by atoms with Gasteiger partial charge in [0.1, 0.15) is 0 Å². The molecule has 3 rings (SSSR count). The maximum atomic E-state index is 5.68. The molecule has 0 unspecified atom stereocenters. The summed E-state index contributed by atoms with van der Waals surface area (Å²) in [6, 6.07) is 14.2. The number of rotatable bonds is 3. The first-order chi connectivity index (χ1) is 9.88. The molecular weight excluding hydrogens is 268 g/mol. The van der Waals surface area contributed by atoms with Crippen LogP contribution >= 0.6 is 11.8 Å². The molecule has 20 heavy (non-hydrogen) atoms. The quantitative estimate of drug-likeness (QED) is 0.539. The van der Waals surface area contributed by atoms with Crippen LogP contribution in [0.4, 0.5) is 0 Å². The summed E-state index contributed by atoms with van der Waals surface area (Å²) in [4.78, 5) is 0. The third-order valence-corrected chi connectivity index (χ3v) is 3.52. The van der Waals surface area contributed by atoms with Crippen LogP contribution in [0.2, 0.25) is 0 Å². The van der Waals surface area contributed by atoms with Crippen molar-refractivity contribution in [3.8, 4) is 23.3 Å². The molecule has 0 bridgehead atoms. The lowest BCUT2D eigenvalue weighted by atomic mass is 10.0. The minimum absolute atomic E-state index is 0.524. The summed E-state index contributed by atoms with van der Waals surface area (Å²) < 4.78 is 5.68. The number of nitrogens with zero attached hydrogens (tertiary/aromatic N) is 2. The van der Waals surface area contributed by atoms with E-state index in [2.05, 4.69) is 47.2 Å². The molecule has 2 aromatic carbocycles. The van der Waals surface area contributed by atoms with Crippen LogP contribution < -0.4 is 0 Å². The highest BCUT2D eigenvalue weighted by atomic mass is 32.2. The second-order valence-electron chi connectivity index (χ2n) is 4.04. The third kappa shape index (κ3) is 2.54. The van der Waals surface area contributed by atoms with E-state index in [1.54, 1.807) is 0 Å². The Morgan fingerprint density at radius 2 is 1.95 bits per heavy atom. The highest BCUT2D eigenvalue weighted by Gasteiger charge is 2.11. The largest absolute Gasteiger partial charge is 0.411 e. The Labute approximate surface area is 121 Å². The van der Waals surface area contributed by atoms with Gasteiger partial charge in [-0.15, -0.1) is 16.1 Å². The zero-order valence-corrected chi connectivity index (χ0v) is 11.5. The number of benzene rings is 2. The van der Waals surface area contributed by atoms with E-state index in [0.29, 0.717) is 16.9 Å². The van der Waals surface area contributed by atoms with Gasteiger partial charge >= 0.3 is 0 Å². The van der Waals surface area contributed by atoms with E-state index in [0.717, 1.165) is 16.3 Å². The molecule has 0 saturated carbocycles. The van der Waals surface area contributed by atoms with Gasteiger partial charge in [0.2, 0.25) is 5.89 Å². The van der Waals surface area contributed by atoms with Gasteiger partial charge in [-0.3, -0.25) is 0 Å². The predicted octanol–water partition coefficient (Wildman–Crippen LogP) is 3.82. The molecule has 1 heterocycles. The number of aromatic nitrogens is 2. The first-order valence-corrected chi connectivity index (χ1v) is 7.06. The SMILES string of the molecule is [CH2]C#CCSc1nnc(-c2cccc3ccccc23)o1. The second-order valence-corrected chi connectivity index (χ2v) is 4.97. The van der Waals surface area contributed by atoms with Crippen molar-refractivity contribution in [3.05, 3.63) is 49.4 Å². The molecular formula is C16H11N2OS. The van der Waals surface area contributed by atoms with Crippen molar-refractivity contribution in [2.45, 2.75) is 5.22 Å². The first kappa shape index (κ1) is 12.8. The molecule has 0 fully saturated rings. The number of hydrogen-bond acceptors (Lipinski definition) is 4. The Morgan fingerprint density at radius 3 is 2.85 bits per heavy atom. The lowest BCUT2D eigenvalue weighted by Crippen LogP contribution is -1.80. The Balaban J connectivity index is 1.96. The molecule has 0 amide bonds. The van der Waals surface area contributed by atoms with Crippen molar-refractivity contribution in [1.29, 1.82) is 0 Å². The summed E-state index contributed by atoms with van der Waals surface area (Å²) in [5.41, 5.74) is 0.950. The van der Waals surface area contributed by atoms with Crippen molar-refractivity contribution in [3.63, 3.8) is 0 Å². The van der Waals surface area contributed by atoms with Gasteiger partial charge in [-0.1, -0.05) is 54.1 Å². The number of thioether (sulfide) groups is 1. The predicted molar refractivity (Wildman–Crippen MR) is 81.1 cm³/mol. The van der Waals surface area contributed by atoms with E-state index in [1.165, 1.54) is 11.8 Å². The van der Waals surface area contributed by atoms with E-state index < -0.39 is 0 Å². The third-order valence-electron chi connectivity index (χ3n) is 2.82. The zero-order chi connectivity index (χ0) is 13.8. The van der Waals surface area contributed by atoms with E-state index in [1.807, 2.05) is 24.3 Å². The zero-order valence-electron chi connectivity index (χ0n) is 10.7. The molecule has 0 aliphatic carbocycles. The van der Waals surface area contributed by atoms with Gasteiger partial charge in [0, 0.05) is 12.5 Å². The number of hydrogen-bond donors (Lipinski definition) is 0. The summed E-state index contributed by atoms with van der Waals surface area (Å²) in [5, 5.41) is 10.9. The second kappa shape index (κ2) is 5.81. The van der Waals surface area contributed by atoms with Crippen LogP contribution in [0, 0.1) is 18.8 Å². The van der Waals surface area contributed by atoms with Crippen LogP contribution in [0.5, 0.6) is 0 Å². The van der Waals surface area contributed by atoms with Gasteiger partial charge in [0.15, 0.2) is 0 Å². The van der Waals surface area contributed by atoms with Crippen LogP contribution in [0.15, 0.2) is 52.1 Å². The lowest BCUT2D eigenvalue weighted by molar-refractivity contribution is 0.466. The smallest absolute Gasteiger partial charge is 0.277 e. The van der Waals surface area contributed by atoms with Gasteiger partial charge < -0.3 is 4.42 Å². The van der Waals surface area contributed by atoms with Gasteiger partial charge in [0.05, 0.1) is 5.75 Å². The monoisotopic (exact) mass is 279 g/mol. The van der Waals surface area contributed by atoms with Crippen molar-refractivity contribution >= 4 is 22.5 Å². The van der Waals surface area contributed by atoms with Crippen molar-refractivity contribution in [2.75, 3.05) is 5.75 Å². The minimum Gasteiger partial charge on any atom is -0.411 e. The lowest BCUT2D eigenvalue weighted by Gasteiger charge is -2.01. The molecule has 3 aromatic rings. The average molecular weight is 279 g/mol. The fourth-order valence-corrected chi connectivity index (χ4v) is 2.47. The summed E-state index contributed by atoms with van der Waals surface area (Å²) in [5.74, 6) is 6.57. The van der Waals surface area contributed by atoms with E-state index >= 15 is 0 Å². The van der Waals surface area contributed by atoms with Crippen LogP contribution in [0.25, 0.3) is 22.2 Å². The van der Waals surface area contributed by atoms with Gasteiger partial charge in [-0.2, -0.15) is 0 Å². The fraction of sp³-hybridized carbons (Fsp3) is 0.0625. The van der Waals surface area contributed by atoms with Crippen molar-refractivity contribution < 1.29 is 4.42 Å². The summed E-state index contributed by atoms with van der Waals surface area (Å²) >= 11 is 1.41. The van der Waals surface area contributed by atoms with Gasteiger partial charge in [0.25, 0.3) is 5.22 Å². The number of fused-ring (bicyclic) bond motifs is 1. The van der Waals surface area contributed by atoms with Gasteiger partial charge in [-0.05, 0) is 16.8 Å². The van der Waals surface area contributed by atoms with E-state index in [4.69, 9.17) is 4.42 Å². The average Bonchev–Trinajstić information content (AvgIpc) is 2.96. The fourth-order valence-electron chi connectivity index (χ4n) is 1.94. The van der Waals surface area contributed by atoms with Crippen LogP contribution in [-0.4, -0.2) is 16.0 Å². The summed E-state index contributed by atoms with van der Waals surface area (Å²) in [6.07, 6.45) is 0. The molecule has 0 aliphatic rings. The highest BCUT2D eigenvalue weighted by Crippen LogP contribution is 2.29. The van der Waals surface area contributed by atoms with Crippen LogP contribution in [-0.2, 0) is 0 Å². The van der Waals surface area contributed by atoms with Gasteiger partial charge in [-0.25, -0.2) is 0 Å². The maximum Gasteiger partial charge on any atom is 0.277 e. The van der Waals surface area contributed by atoms with E-state index in [-0.39, 0.29) is 0 Å². The minimum atomic E-state index is 0.524. The molecule has 0 spiro atoms. The maximum absolute atomic E-state index is 5.68. The molecule has 0 saturated heterocycles. The molecule has 0 N–H and O–H groups in total. The van der Waals surface area contributed by atoms with Crippen LogP contribution in [0.1, 0.15) is 0 Å². The first-order valence-electron chi connectivity index (χ1n) is 6.08. The molecule has 1 radical (unpaired) electrons.